The Morgan fingerprint density at radius 3 is 2.54 bits per heavy atom. The number of primary amides is 1. The standard InChI is InChI=1S/C26H32N6O3/c1-5-21-26(35-20-8-6-7-18(27)12-20)31-25(23(30-21)24(28)33)29-19-9-10-22(15(2)11-19)32-13-16(3)34-17(4)14-32/h6-12,16-17H,5,13-14,27H2,1-4H3,(H2,28,33)(H,29,31)/t16-,17+. The Morgan fingerprint density at radius 1 is 1.17 bits per heavy atom. The maximum absolute atomic E-state index is 12.2. The monoisotopic (exact) mass is 476 g/mol. The number of carbonyl (C=O) groups is 1. The first-order valence-electron chi connectivity index (χ1n) is 11.8. The molecule has 1 aliphatic heterocycles. The normalized spacial score (nSPS) is 17.8. The Balaban J connectivity index is 1.64. The quantitative estimate of drug-likeness (QED) is 0.433. The summed E-state index contributed by atoms with van der Waals surface area (Å²) in [5.41, 5.74) is 15.6. The van der Waals surface area contributed by atoms with E-state index in [0.717, 1.165) is 30.0 Å². The molecule has 1 aliphatic rings. The summed E-state index contributed by atoms with van der Waals surface area (Å²) >= 11 is 0. The smallest absolute Gasteiger partial charge is 0.271 e. The lowest BCUT2D eigenvalue weighted by Crippen LogP contribution is -2.45. The predicted octanol–water partition coefficient (Wildman–Crippen LogP) is 4.18. The molecule has 0 bridgehead atoms. The number of amides is 1. The van der Waals surface area contributed by atoms with Crippen molar-refractivity contribution in [1.82, 2.24) is 9.97 Å². The van der Waals surface area contributed by atoms with Gasteiger partial charge < -0.3 is 31.2 Å². The summed E-state index contributed by atoms with van der Waals surface area (Å²) in [6, 6.07) is 13.1. The number of carbonyl (C=O) groups excluding carboxylic acids is 1. The lowest BCUT2D eigenvalue weighted by atomic mass is 10.1. The van der Waals surface area contributed by atoms with E-state index in [-0.39, 0.29) is 29.6 Å². The van der Waals surface area contributed by atoms with Crippen LogP contribution in [0.15, 0.2) is 42.5 Å². The van der Waals surface area contributed by atoms with Crippen molar-refractivity contribution in [2.45, 2.75) is 46.3 Å². The number of aromatic nitrogens is 2. The highest BCUT2D eigenvalue weighted by molar-refractivity contribution is 5.96. The van der Waals surface area contributed by atoms with Gasteiger partial charge in [0.1, 0.15) is 11.4 Å². The van der Waals surface area contributed by atoms with E-state index < -0.39 is 5.91 Å². The first kappa shape index (κ1) is 24.3. The number of rotatable bonds is 7. The highest BCUT2D eigenvalue weighted by Gasteiger charge is 2.24. The van der Waals surface area contributed by atoms with Crippen LogP contribution in [-0.4, -0.2) is 41.2 Å². The second kappa shape index (κ2) is 10.2. The topological polar surface area (TPSA) is 129 Å². The predicted molar refractivity (Wildman–Crippen MR) is 138 cm³/mol. The van der Waals surface area contributed by atoms with Crippen LogP contribution >= 0.6 is 0 Å². The molecule has 0 unspecified atom stereocenters. The van der Waals surface area contributed by atoms with E-state index in [9.17, 15) is 4.79 Å². The summed E-state index contributed by atoms with van der Waals surface area (Å²) in [7, 11) is 0. The summed E-state index contributed by atoms with van der Waals surface area (Å²) in [6.07, 6.45) is 0.842. The van der Waals surface area contributed by atoms with Crippen LogP contribution in [0.3, 0.4) is 0 Å². The number of aryl methyl sites for hydroxylation is 2. The van der Waals surface area contributed by atoms with Gasteiger partial charge in [-0.2, -0.15) is 4.98 Å². The molecular formula is C26H32N6O3. The molecule has 35 heavy (non-hydrogen) atoms. The van der Waals surface area contributed by atoms with Crippen molar-refractivity contribution in [3.8, 4) is 11.6 Å². The van der Waals surface area contributed by atoms with Crippen LogP contribution in [-0.2, 0) is 11.2 Å². The number of nitrogen functional groups attached to an aromatic ring is 1. The molecule has 1 aromatic heterocycles. The first-order valence-corrected chi connectivity index (χ1v) is 11.8. The van der Waals surface area contributed by atoms with Gasteiger partial charge in [0.05, 0.1) is 12.2 Å². The lowest BCUT2D eigenvalue weighted by molar-refractivity contribution is -0.00524. The van der Waals surface area contributed by atoms with Gasteiger partial charge >= 0.3 is 0 Å². The summed E-state index contributed by atoms with van der Waals surface area (Å²) in [5.74, 6) is 0.375. The molecule has 0 saturated carbocycles. The maximum Gasteiger partial charge on any atom is 0.271 e. The fourth-order valence-corrected chi connectivity index (χ4v) is 4.31. The molecule has 2 heterocycles. The molecule has 0 radical (unpaired) electrons. The van der Waals surface area contributed by atoms with E-state index in [1.807, 2.05) is 19.1 Å². The second-order valence-electron chi connectivity index (χ2n) is 8.85. The largest absolute Gasteiger partial charge is 0.437 e. The fraction of sp³-hybridized carbons (Fsp3) is 0.346. The molecule has 3 aromatic rings. The summed E-state index contributed by atoms with van der Waals surface area (Å²) in [5, 5.41) is 3.21. The zero-order chi connectivity index (χ0) is 25.1. The third-order valence-electron chi connectivity index (χ3n) is 5.79. The summed E-state index contributed by atoms with van der Waals surface area (Å²) < 4.78 is 11.8. The molecule has 0 spiro atoms. The molecule has 9 nitrogen and oxygen atoms in total. The molecule has 9 heteroatoms. The average molecular weight is 477 g/mol. The van der Waals surface area contributed by atoms with E-state index in [2.05, 4.69) is 47.0 Å². The fourth-order valence-electron chi connectivity index (χ4n) is 4.31. The van der Waals surface area contributed by atoms with Crippen LogP contribution in [0.2, 0.25) is 0 Å². The van der Waals surface area contributed by atoms with E-state index in [0.29, 0.717) is 23.6 Å². The van der Waals surface area contributed by atoms with Crippen molar-refractivity contribution in [3.63, 3.8) is 0 Å². The van der Waals surface area contributed by atoms with Gasteiger partial charge in [-0.1, -0.05) is 13.0 Å². The molecular weight excluding hydrogens is 444 g/mol. The van der Waals surface area contributed by atoms with Crippen LogP contribution < -0.4 is 26.4 Å². The van der Waals surface area contributed by atoms with Crippen LogP contribution in [0.1, 0.15) is 42.5 Å². The van der Waals surface area contributed by atoms with E-state index >= 15 is 0 Å². The number of anilines is 4. The number of benzene rings is 2. The van der Waals surface area contributed by atoms with Gasteiger partial charge in [0.2, 0.25) is 5.88 Å². The van der Waals surface area contributed by atoms with Gasteiger partial charge in [-0.25, -0.2) is 4.98 Å². The van der Waals surface area contributed by atoms with E-state index in [4.69, 9.17) is 20.9 Å². The Labute approximate surface area is 205 Å². The second-order valence-corrected chi connectivity index (χ2v) is 8.85. The minimum Gasteiger partial charge on any atom is -0.437 e. The number of nitrogens with one attached hydrogen (secondary N) is 1. The zero-order valence-corrected chi connectivity index (χ0v) is 20.5. The molecule has 1 fully saturated rings. The van der Waals surface area contributed by atoms with Gasteiger partial charge in [-0.3, -0.25) is 4.79 Å². The molecule has 4 rings (SSSR count). The van der Waals surface area contributed by atoms with Gasteiger partial charge in [-0.15, -0.1) is 0 Å². The zero-order valence-electron chi connectivity index (χ0n) is 20.5. The number of morpholine rings is 1. The summed E-state index contributed by atoms with van der Waals surface area (Å²) in [4.78, 5) is 23.6. The van der Waals surface area contributed by atoms with Crippen molar-refractivity contribution < 1.29 is 14.3 Å². The average Bonchev–Trinajstić information content (AvgIpc) is 2.78. The van der Waals surface area contributed by atoms with Crippen molar-refractivity contribution >= 4 is 28.8 Å². The molecule has 1 saturated heterocycles. The minimum absolute atomic E-state index is 0.0549. The summed E-state index contributed by atoms with van der Waals surface area (Å²) in [6.45, 7) is 9.80. The van der Waals surface area contributed by atoms with Crippen LogP contribution in [0, 0.1) is 6.92 Å². The van der Waals surface area contributed by atoms with Crippen LogP contribution in [0.5, 0.6) is 11.6 Å². The minimum atomic E-state index is -0.671. The molecule has 1 amide bonds. The van der Waals surface area contributed by atoms with E-state index in [1.54, 1.807) is 24.3 Å². The molecule has 2 aromatic carbocycles. The van der Waals surface area contributed by atoms with Crippen LogP contribution in [0.25, 0.3) is 0 Å². The van der Waals surface area contributed by atoms with Crippen molar-refractivity contribution in [2.75, 3.05) is 29.0 Å². The Kier molecular flexibility index (Phi) is 7.07. The van der Waals surface area contributed by atoms with Crippen molar-refractivity contribution in [1.29, 1.82) is 0 Å². The number of nitrogens with two attached hydrogens (primary N) is 2. The van der Waals surface area contributed by atoms with Crippen molar-refractivity contribution in [2.24, 2.45) is 5.73 Å². The Morgan fingerprint density at radius 2 is 1.91 bits per heavy atom. The third-order valence-corrected chi connectivity index (χ3v) is 5.79. The highest BCUT2D eigenvalue weighted by Crippen LogP contribution is 2.31. The van der Waals surface area contributed by atoms with Gasteiger partial charge in [-0.05, 0) is 63.1 Å². The van der Waals surface area contributed by atoms with Gasteiger partial charge in [0.15, 0.2) is 11.5 Å². The SMILES string of the molecule is CCc1nc(C(N)=O)c(Nc2ccc(N3C[C@@H](C)O[C@@H](C)C3)c(C)c2)nc1Oc1cccc(N)c1. The number of nitrogens with zero attached hydrogens (tertiary/aromatic N) is 3. The molecule has 184 valence electrons. The van der Waals surface area contributed by atoms with Gasteiger partial charge in [0, 0.05) is 36.2 Å². The Hall–Kier alpha value is -3.85. The third kappa shape index (κ3) is 5.63. The number of hydrogen-bond donors (Lipinski definition) is 3. The first-order chi connectivity index (χ1) is 16.7. The number of ether oxygens (including phenoxy) is 2. The molecule has 5 N–H and O–H groups in total. The van der Waals surface area contributed by atoms with E-state index in [1.165, 1.54) is 0 Å². The maximum atomic E-state index is 12.2. The number of hydrogen-bond acceptors (Lipinski definition) is 8. The van der Waals surface area contributed by atoms with Gasteiger partial charge in [0.25, 0.3) is 5.91 Å². The lowest BCUT2D eigenvalue weighted by Gasteiger charge is -2.37. The Bertz CT molecular complexity index is 1220. The van der Waals surface area contributed by atoms with Crippen molar-refractivity contribution in [3.05, 3.63) is 59.4 Å². The molecule has 2 atom stereocenters. The molecule has 0 aliphatic carbocycles. The highest BCUT2D eigenvalue weighted by atomic mass is 16.5. The van der Waals surface area contributed by atoms with Crippen LogP contribution in [0.4, 0.5) is 22.9 Å².